The zero-order chi connectivity index (χ0) is 10.8. The topological polar surface area (TPSA) is 20.3 Å². The van der Waals surface area contributed by atoms with Gasteiger partial charge in [-0.1, -0.05) is 30.3 Å². The van der Waals surface area contributed by atoms with Gasteiger partial charge in [-0.05, 0) is 25.8 Å². The van der Waals surface area contributed by atoms with Crippen molar-refractivity contribution in [2.75, 3.05) is 0 Å². The fourth-order valence-electron chi connectivity index (χ4n) is 2.34. The molecule has 2 atom stereocenters. The van der Waals surface area contributed by atoms with Gasteiger partial charge in [0.25, 0.3) is 0 Å². The highest BCUT2D eigenvalue weighted by Crippen LogP contribution is 2.29. The lowest BCUT2D eigenvalue weighted by molar-refractivity contribution is -0.130. The van der Waals surface area contributed by atoms with Gasteiger partial charge in [-0.2, -0.15) is 0 Å². The second-order valence-corrected chi connectivity index (χ2v) is 4.28. The van der Waals surface area contributed by atoms with Gasteiger partial charge < -0.3 is 4.90 Å². The molecule has 2 heteroatoms. The Labute approximate surface area is 90.9 Å². The van der Waals surface area contributed by atoms with Crippen molar-refractivity contribution in [3.05, 3.63) is 35.9 Å². The Hall–Kier alpha value is -1.31. The molecule has 1 aromatic carbocycles. The van der Waals surface area contributed by atoms with E-state index in [4.69, 9.17) is 0 Å². The summed E-state index contributed by atoms with van der Waals surface area (Å²) in [6, 6.07) is 10.8. The first-order chi connectivity index (χ1) is 7.20. The molecule has 1 aliphatic rings. The second kappa shape index (κ2) is 4.05. The monoisotopic (exact) mass is 203 g/mol. The third-order valence-electron chi connectivity index (χ3n) is 3.24. The molecule has 0 saturated carbocycles. The zero-order valence-corrected chi connectivity index (χ0v) is 9.31. The number of rotatable bonds is 2. The van der Waals surface area contributed by atoms with Crippen LogP contribution in [0.15, 0.2) is 30.3 Å². The molecule has 0 aliphatic carbocycles. The molecule has 1 amide bonds. The molecule has 1 aliphatic heterocycles. The van der Waals surface area contributed by atoms with Crippen molar-refractivity contribution in [2.45, 2.75) is 38.8 Å². The summed E-state index contributed by atoms with van der Waals surface area (Å²) in [5.74, 6) is 0.291. The van der Waals surface area contributed by atoms with Crippen molar-refractivity contribution in [2.24, 2.45) is 0 Å². The van der Waals surface area contributed by atoms with Crippen molar-refractivity contribution in [3.63, 3.8) is 0 Å². The number of benzene rings is 1. The lowest BCUT2D eigenvalue weighted by atomic mass is 10.1. The first kappa shape index (κ1) is 10.2. The van der Waals surface area contributed by atoms with Gasteiger partial charge in [0.2, 0.25) is 5.91 Å². The van der Waals surface area contributed by atoms with E-state index in [1.807, 2.05) is 23.1 Å². The number of carbonyl (C=O) groups excluding carboxylic acids is 1. The molecule has 1 heterocycles. The van der Waals surface area contributed by atoms with Crippen LogP contribution in [0.1, 0.15) is 38.3 Å². The molecule has 0 spiro atoms. The van der Waals surface area contributed by atoms with Crippen LogP contribution in [0, 0.1) is 0 Å². The van der Waals surface area contributed by atoms with Gasteiger partial charge in [0.05, 0.1) is 6.04 Å². The molecule has 0 aromatic heterocycles. The van der Waals surface area contributed by atoms with E-state index in [9.17, 15) is 4.79 Å². The van der Waals surface area contributed by atoms with Crippen LogP contribution in [-0.2, 0) is 4.79 Å². The van der Waals surface area contributed by atoms with E-state index < -0.39 is 0 Å². The third-order valence-corrected chi connectivity index (χ3v) is 3.24. The van der Waals surface area contributed by atoms with Crippen LogP contribution in [0.3, 0.4) is 0 Å². The average molecular weight is 203 g/mol. The van der Waals surface area contributed by atoms with Crippen LogP contribution < -0.4 is 0 Å². The predicted octanol–water partition coefficient (Wildman–Crippen LogP) is 2.76. The number of carbonyl (C=O) groups is 1. The third kappa shape index (κ3) is 1.89. The van der Waals surface area contributed by atoms with Crippen LogP contribution >= 0.6 is 0 Å². The summed E-state index contributed by atoms with van der Waals surface area (Å²) in [7, 11) is 0. The van der Waals surface area contributed by atoms with E-state index in [0.29, 0.717) is 18.4 Å². The molecular formula is C13H17NO. The average Bonchev–Trinajstić information content (AvgIpc) is 2.59. The number of hydrogen-bond acceptors (Lipinski definition) is 1. The van der Waals surface area contributed by atoms with E-state index in [2.05, 4.69) is 26.0 Å². The maximum atomic E-state index is 11.7. The summed E-state index contributed by atoms with van der Waals surface area (Å²) in [5, 5.41) is 0. The lowest BCUT2D eigenvalue weighted by Gasteiger charge is -2.29. The molecule has 15 heavy (non-hydrogen) atoms. The molecule has 0 N–H and O–H groups in total. The van der Waals surface area contributed by atoms with Crippen molar-refractivity contribution >= 4 is 5.91 Å². The quantitative estimate of drug-likeness (QED) is 0.723. The number of nitrogens with zero attached hydrogens (tertiary/aromatic N) is 1. The van der Waals surface area contributed by atoms with Gasteiger partial charge in [0.1, 0.15) is 0 Å². The lowest BCUT2D eigenvalue weighted by Crippen LogP contribution is -2.33. The van der Waals surface area contributed by atoms with Crippen molar-refractivity contribution in [1.82, 2.24) is 4.90 Å². The molecule has 2 rings (SSSR count). The van der Waals surface area contributed by atoms with Crippen molar-refractivity contribution in [1.29, 1.82) is 0 Å². The Morgan fingerprint density at radius 1 is 1.33 bits per heavy atom. The van der Waals surface area contributed by atoms with Gasteiger partial charge >= 0.3 is 0 Å². The number of hydrogen-bond donors (Lipinski definition) is 0. The van der Waals surface area contributed by atoms with Crippen LogP contribution in [0.2, 0.25) is 0 Å². The van der Waals surface area contributed by atoms with Gasteiger partial charge in [-0.25, -0.2) is 0 Å². The zero-order valence-electron chi connectivity index (χ0n) is 9.31. The van der Waals surface area contributed by atoms with Gasteiger partial charge in [-0.15, -0.1) is 0 Å². The Morgan fingerprint density at radius 3 is 2.53 bits per heavy atom. The first-order valence-corrected chi connectivity index (χ1v) is 5.56. The minimum Gasteiger partial charge on any atom is -0.333 e. The summed E-state index contributed by atoms with van der Waals surface area (Å²) >= 11 is 0. The Bertz CT molecular complexity index is 347. The maximum absolute atomic E-state index is 11.7. The molecular weight excluding hydrogens is 186 g/mol. The summed E-state index contributed by atoms with van der Waals surface area (Å²) < 4.78 is 0. The minimum absolute atomic E-state index is 0.205. The summed E-state index contributed by atoms with van der Waals surface area (Å²) in [6.07, 6.45) is 1.70. The highest BCUT2D eigenvalue weighted by atomic mass is 16.2. The molecule has 80 valence electrons. The van der Waals surface area contributed by atoms with Gasteiger partial charge in [-0.3, -0.25) is 4.79 Å². The highest BCUT2D eigenvalue weighted by Gasteiger charge is 2.31. The second-order valence-electron chi connectivity index (χ2n) is 4.28. The van der Waals surface area contributed by atoms with E-state index in [0.717, 1.165) is 6.42 Å². The molecule has 0 radical (unpaired) electrons. The van der Waals surface area contributed by atoms with Crippen LogP contribution in [-0.4, -0.2) is 16.8 Å². The smallest absolute Gasteiger partial charge is 0.223 e. The van der Waals surface area contributed by atoms with E-state index in [1.54, 1.807) is 0 Å². The number of likely N-dealkylation sites (tertiary alicyclic amines) is 1. The van der Waals surface area contributed by atoms with Crippen molar-refractivity contribution in [3.8, 4) is 0 Å². The largest absolute Gasteiger partial charge is 0.333 e. The summed E-state index contributed by atoms with van der Waals surface area (Å²) in [5.41, 5.74) is 1.22. The Kier molecular flexibility index (Phi) is 2.76. The first-order valence-electron chi connectivity index (χ1n) is 5.56. The number of amides is 1. The van der Waals surface area contributed by atoms with Crippen molar-refractivity contribution < 1.29 is 4.79 Å². The maximum Gasteiger partial charge on any atom is 0.223 e. The van der Waals surface area contributed by atoms with Crippen LogP contribution in [0.4, 0.5) is 0 Å². The molecule has 2 nitrogen and oxygen atoms in total. The Balaban J connectivity index is 2.21. The van der Waals surface area contributed by atoms with E-state index in [1.165, 1.54) is 5.56 Å². The van der Waals surface area contributed by atoms with E-state index in [-0.39, 0.29) is 6.04 Å². The standard InChI is InChI=1S/C13H17NO/c1-10-8-9-13(15)14(10)11(2)12-6-4-3-5-7-12/h3-7,10-11H,8-9H2,1-2H3/t10?,11-/m0/s1. The summed E-state index contributed by atoms with van der Waals surface area (Å²) in [4.78, 5) is 13.7. The fourth-order valence-corrected chi connectivity index (χ4v) is 2.34. The molecule has 1 saturated heterocycles. The minimum atomic E-state index is 0.205. The molecule has 1 unspecified atom stereocenters. The van der Waals surface area contributed by atoms with E-state index >= 15 is 0 Å². The van der Waals surface area contributed by atoms with Crippen LogP contribution in [0.25, 0.3) is 0 Å². The van der Waals surface area contributed by atoms with Gasteiger partial charge in [0, 0.05) is 12.5 Å². The fraction of sp³-hybridized carbons (Fsp3) is 0.462. The van der Waals surface area contributed by atoms with Crippen LogP contribution in [0.5, 0.6) is 0 Å². The molecule has 1 aromatic rings. The SMILES string of the molecule is CC1CCC(=O)N1[C@@H](C)c1ccccc1. The Morgan fingerprint density at radius 2 is 2.00 bits per heavy atom. The predicted molar refractivity (Wildman–Crippen MR) is 60.4 cm³/mol. The normalized spacial score (nSPS) is 23.2. The molecule has 0 bridgehead atoms. The highest BCUT2D eigenvalue weighted by molar-refractivity contribution is 5.79. The summed E-state index contributed by atoms with van der Waals surface area (Å²) in [6.45, 7) is 4.24. The molecule has 1 fully saturated rings. The van der Waals surface area contributed by atoms with Gasteiger partial charge in [0.15, 0.2) is 0 Å².